The van der Waals surface area contributed by atoms with Gasteiger partial charge in [-0.15, -0.1) is 0 Å². The van der Waals surface area contributed by atoms with Crippen LogP contribution in [-0.2, 0) is 16.1 Å². The number of fused-ring (bicyclic) bond motifs is 1. The summed E-state index contributed by atoms with van der Waals surface area (Å²) in [4.78, 5) is 33.8. The van der Waals surface area contributed by atoms with Crippen LogP contribution in [0.1, 0.15) is 58.4 Å². The van der Waals surface area contributed by atoms with Crippen LogP contribution < -0.4 is 5.69 Å². The van der Waals surface area contributed by atoms with E-state index in [-0.39, 0.29) is 5.69 Å². The smallest absolute Gasteiger partial charge is 0.414 e. The number of hydrogen-bond acceptors (Lipinski definition) is 4. The van der Waals surface area contributed by atoms with Gasteiger partial charge >= 0.3 is 17.6 Å². The molecule has 3 rings (SSSR count). The maximum absolute atomic E-state index is 13.1. The second-order valence-corrected chi connectivity index (χ2v) is 7.68. The Morgan fingerprint density at radius 3 is 2.00 bits per heavy atom. The Kier molecular flexibility index (Phi) is 9.11. The highest BCUT2D eigenvalue weighted by Gasteiger charge is 2.24. The fourth-order valence-corrected chi connectivity index (χ4v) is 3.90. The molecule has 30 heavy (non-hydrogen) atoms. The minimum absolute atomic E-state index is 0.191. The lowest BCUT2D eigenvalue weighted by atomic mass is 10.0. The molecule has 1 fully saturated rings. The molecule has 0 bridgehead atoms. The van der Waals surface area contributed by atoms with Crippen molar-refractivity contribution in [3.63, 3.8) is 0 Å². The van der Waals surface area contributed by atoms with E-state index in [0.29, 0.717) is 6.04 Å². The summed E-state index contributed by atoms with van der Waals surface area (Å²) < 4.78 is 4.07. The SMILES string of the molecule is CCCCN1CCC(n2c(=O)n(CCCC)c3ccccc32)CC1.O=C(O)C(=O)O. The summed E-state index contributed by atoms with van der Waals surface area (Å²) in [5.74, 6) is -3.65. The fraction of sp³-hybridized carbons (Fsp3) is 0.591. The maximum Gasteiger partial charge on any atom is 0.414 e. The van der Waals surface area contributed by atoms with Gasteiger partial charge < -0.3 is 15.1 Å². The Morgan fingerprint density at radius 1 is 0.933 bits per heavy atom. The van der Waals surface area contributed by atoms with E-state index in [0.717, 1.165) is 56.4 Å². The number of aryl methyl sites for hydroxylation is 1. The first-order chi connectivity index (χ1) is 14.4. The molecule has 1 aliphatic rings. The van der Waals surface area contributed by atoms with E-state index < -0.39 is 11.9 Å². The predicted molar refractivity (Wildman–Crippen MR) is 116 cm³/mol. The summed E-state index contributed by atoms with van der Waals surface area (Å²) in [7, 11) is 0. The number of aliphatic carboxylic acids is 2. The number of benzene rings is 1. The summed E-state index contributed by atoms with van der Waals surface area (Å²) in [6, 6.07) is 8.66. The van der Waals surface area contributed by atoms with E-state index in [1.807, 2.05) is 10.6 Å². The Balaban J connectivity index is 0.000000469. The van der Waals surface area contributed by atoms with E-state index in [4.69, 9.17) is 19.8 Å². The van der Waals surface area contributed by atoms with Crippen LogP contribution in [0, 0.1) is 0 Å². The van der Waals surface area contributed by atoms with Crippen LogP contribution >= 0.6 is 0 Å². The average molecular weight is 420 g/mol. The number of carbonyl (C=O) groups is 2. The molecule has 0 radical (unpaired) electrons. The van der Waals surface area contributed by atoms with Crippen molar-refractivity contribution in [2.45, 2.75) is 65.0 Å². The number of unbranched alkanes of at least 4 members (excludes halogenated alkanes) is 2. The lowest BCUT2D eigenvalue weighted by molar-refractivity contribution is -0.159. The number of likely N-dealkylation sites (tertiary alicyclic amines) is 1. The lowest BCUT2D eigenvalue weighted by Gasteiger charge is -2.32. The highest BCUT2D eigenvalue weighted by Crippen LogP contribution is 2.26. The van der Waals surface area contributed by atoms with Crippen molar-refractivity contribution >= 4 is 23.0 Å². The van der Waals surface area contributed by atoms with Crippen LogP contribution in [0.15, 0.2) is 29.1 Å². The van der Waals surface area contributed by atoms with Gasteiger partial charge in [0.1, 0.15) is 0 Å². The molecule has 1 aliphatic heterocycles. The molecule has 0 saturated carbocycles. The Hall–Kier alpha value is -2.61. The third kappa shape index (κ3) is 5.95. The zero-order valence-electron chi connectivity index (χ0n) is 17.9. The summed E-state index contributed by atoms with van der Waals surface area (Å²) in [6.45, 7) is 8.69. The second kappa shape index (κ2) is 11.5. The number of rotatable bonds is 7. The van der Waals surface area contributed by atoms with Crippen molar-refractivity contribution in [3.05, 3.63) is 34.7 Å². The summed E-state index contributed by atoms with van der Waals surface area (Å²) in [6.07, 6.45) is 6.88. The molecule has 0 unspecified atom stereocenters. The first kappa shape index (κ1) is 23.7. The molecule has 1 aromatic heterocycles. The van der Waals surface area contributed by atoms with Gasteiger partial charge in [-0.3, -0.25) is 9.13 Å². The van der Waals surface area contributed by atoms with Gasteiger partial charge in [-0.1, -0.05) is 38.8 Å². The zero-order chi connectivity index (χ0) is 22.1. The van der Waals surface area contributed by atoms with Gasteiger partial charge in [-0.05, 0) is 44.4 Å². The van der Waals surface area contributed by atoms with Crippen LogP contribution in [0.5, 0.6) is 0 Å². The molecule has 1 saturated heterocycles. The number of hydrogen-bond donors (Lipinski definition) is 2. The number of imidazole rings is 1. The number of para-hydroxylation sites is 2. The number of nitrogens with zero attached hydrogens (tertiary/aromatic N) is 3. The standard InChI is InChI=1S/C20H31N3O.C2H2O4/c1-3-5-13-21-15-11-17(12-16-21)23-19-10-8-7-9-18(19)22(20(23)24)14-6-4-2;3-1(4)2(5)6/h7-10,17H,3-6,11-16H2,1-2H3;(H,3,4)(H,5,6). The topological polar surface area (TPSA) is 105 Å². The quantitative estimate of drug-likeness (QED) is 0.668. The van der Waals surface area contributed by atoms with Crippen molar-refractivity contribution in [1.82, 2.24) is 14.0 Å². The third-order valence-corrected chi connectivity index (χ3v) is 5.54. The summed E-state index contributed by atoms with van der Waals surface area (Å²) >= 11 is 0. The average Bonchev–Trinajstić information content (AvgIpc) is 3.02. The Labute approximate surface area is 176 Å². The lowest BCUT2D eigenvalue weighted by Crippen LogP contribution is -2.38. The molecular formula is C22H33N3O5. The monoisotopic (exact) mass is 419 g/mol. The maximum atomic E-state index is 13.1. The van der Waals surface area contributed by atoms with Gasteiger partial charge in [-0.2, -0.15) is 0 Å². The van der Waals surface area contributed by atoms with Gasteiger partial charge in [0, 0.05) is 25.7 Å². The van der Waals surface area contributed by atoms with Crippen LogP contribution in [0.25, 0.3) is 11.0 Å². The first-order valence-corrected chi connectivity index (χ1v) is 10.8. The summed E-state index contributed by atoms with van der Waals surface area (Å²) in [5, 5.41) is 14.8. The van der Waals surface area contributed by atoms with E-state index in [9.17, 15) is 4.79 Å². The largest absolute Gasteiger partial charge is 0.473 e. The normalized spacial score (nSPS) is 15.0. The second-order valence-electron chi connectivity index (χ2n) is 7.68. The van der Waals surface area contributed by atoms with E-state index in [1.54, 1.807) is 0 Å². The molecule has 1 aromatic carbocycles. The highest BCUT2D eigenvalue weighted by atomic mass is 16.4. The molecule has 0 amide bonds. The van der Waals surface area contributed by atoms with E-state index >= 15 is 0 Å². The third-order valence-electron chi connectivity index (χ3n) is 5.54. The molecule has 0 aliphatic carbocycles. The molecule has 2 aromatic rings. The molecule has 2 N–H and O–H groups in total. The van der Waals surface area contributed by atoms with Crippen molar-refractivity contribution in [3.8, 4) is 0 Å². The number of carboxylic acid groups (broad SMARTS) is 2. The minimum atomic E-state index is -1.82. The van der Waals surface area contributed by atoms with Crippen molar-refractivity contribution in [2.24, 2.45) is 0 Å². The van der Waals surface area contributed by atoms with Gasteiger partial charge in [0.2, 0.25) is 0 Å². The predicted octanol–water partition coefficient (Wildman–Crippen LogP) is 3.20. The van der Waals surface area contributed by atoms with Crippen LogP contribution in [0.2, 0.25) is 0 Å². The van der Waals surface area contributed by atoms with Gasteiger partial charge in [-0.25, -0.2) is 14.4 Å². The van der Waals surface area contributed by atoms with Crippen LogP contribution in [-0.4, -0.2) is 55.8 Å². The molecule has 0 spiro atoms. The fourth-order valence-electron chi connectivity index (χ4n) is 3.90. The Morgan fingerprint density at radius 2 is 1.47 bits per heavy atom. The number of piperidine rings is 1. The van der Waals surface area contributed by atoms with Crippen LogP contribution in [0.3, 0.4) is 0 Å². The molecular weight excluding hydrogens is 386 g/mol. The van der Waals surface area contributed by atoms with Crippen molar-refractivity contribution < 1.29 is 19.8 Å². The van der Waals surface area contributed by atoms with E-state index in [2.05, 4.69) is 41.5 Å². The van der Waals surface area contributed by atoms with Crippen LogP contribution in [0.4, 0.5) is 0 Å². The van der Waals surface area contributed by atoms with Crippen molar-refractivity contribution in [1.29, 1.82) is 0 Å². The van der Waals surface area contributed by atoms with Crippen molar-refractivity contribution in [2.75, 3.05) is 19.6 Å². The molecule has 8 nitrogen and oxygen atoms in total. The molecule has 2 heterocycles. The summed E-state index contributed by atoms with van der Waals surface area (Å²) in [5.41, 5.74) is 2.41. The zero-order valence-corrected chi connectivity index (χ0v) is 17.9. The molecule has 0 atom stereocenters. The number of carboxylic acids is 2. The Bertz CT molecular complexity index is 882. The molecule has 8 heteroatoms. The highest BCUT2D eigenvalue weighted by molar-refractivity contribution is 6.27. The van der Waals surface area contributed by atoms with E-state index in [1.165, 1.54) is 19.4 Å². The first-order valence-electron chi connectivity index (χ1n) is 10.8. The van der Waals surface area contributed by atoms with Gasteiger partial charge in [0.15, 0.2) is 0 Å². The van der Waals surface area contributed by atoms with Gasteiger partial charge in [0.05, 0.1) is 11.0 Å². The van der Waals surface area contributed by atoms with Gasteiger partial charge in [0.25, 0.3) is 0 Å². The minimum Gasteiger partial charge on any atom is -0.473 e. The number of aromatic nitrogens is 2. The molecule has 166 valence electrons.